The van der Waals surface area contributed by atoms with Gasteiger partial charge in [-0.1, -0.05) is 0 Å². The van der Waals surface area contributed by atoms with Crippen molar-refractivity contribution in [3.63, 3.8) is 0 Å². The maximum Gasteiger partial charge on any atom is 0.316 e. The fourth-order valence-corrected chi connectivity index (χ4v) is 0.581. The Labute approximate surface area is 55.7 Å². The zero-order valence-corrected chi connectivity index (χ0v) is 6.19. The van der Waals surface area contributed by atoms with Crippen molar-refractivity contribution in [3.8, 4) is 6.01 Å². The van der Waals surface area contributed by atoms with Crippen LogP contribution in [0.5, 0.6) is 6.01 Å². The highest BCUT2D eigenvalue weighted by Crippen LogP contribution is 1.94. The Morgan fingerprint density at radius 2 is 2.00 bits per heavy atom. The molecule has 0 aliphatic rings. The summed E-state index contributed by atoms with van der Waals surface area (Å²) >= 11 is 0. The number of ether oxygens (including phenoxy) is 1. The summed E-state index contributed by atoms with van der Waals surface area (Å²) in [7, 11) is 4.03. The molecule has 0 radical (unpaired) electrons. The summed E-state index contributed by atoms with van der Waals surface area (Å²) in [6.07, 6.45) is 3.35. The standard InChI is InChI=1S/C5H7N2OP/c1-8-5-6-2-4(9)3-7-5/h2-3H,9H2,1H3. The highest BCUT2D eigenvalue weighted by atomic mass is 31.0. The molecule has 0 aliphatic heterocycles. The fourth-order valence-electron chi connectivity index (χ4n) is 0.432. The van der Waals surface area contributed by atoms with Gasteiger partial charge in [-0.05, 0) is 0 Å². The molecule has 0 spiro atoms. The quantitative estimate of drug-likeness (QED) is 0.517. The monoisotopic (exact) mass is 142 g/mol. The first-order valence-corrected chi connectivity index (χ1v) is 3.02. The van der Waals surface area contributed by atoms with Crippen LogP contribution in [0.15, 0.2) is 12.4 Å². The number of aromatic nitrogens is 2. The second-order valence-electron chi connectivity index (χ2n) is 1.50. The van der Waals surface area contributed by atoms with Gasteiger partial charge in [0.05, 0.1) is 7.11 Å². The van der Waals surface area contributed by atoms with E-state index in [0.717, 1.165) is 5.30 Å². The number of nitrogens with zero attached hydrogens (tertiary/aromatic N) is 2. The van der Waals surface area contributed by atoms with Crippen LogP contribution in [0, 0.1) is 0 Å². The summed E-state index contributed by atoms with van der Waals surface area (Å²) in [6, 6.07) is 0.404. The van der Waals surface area contributed by atoms with Gasteiger partial charge in [0.25, 0.3) is 0 Å². The topological polar surface area (TPSA) is 35.0 Å². The van der Waals surface area contributed by atoms with Gasteiger partial charge in [0, 0.05) is 17.7 Å². The lowest BCUT2D eigenvalue weighted by atomic mass is 10.7. The van der Waals surface area contributed by atoms with E-state index in [2.05, 4.69) is 19.2 Å². The summed E-state index contributed by atoms with van der Waals surface area (Å²) in [5, 5.41) is 0.954. The normalized spacial score (nSPS) is 9.11. The maximum absolute atomic E-state index is 4.74. The van der Waals surface area contributed by atoms with Crippen molar-refractivity contribution in [1.29, 1.82) is 0 Å². The predicted molar refractivity (Wildman–Crippen MR) is 37.9 cm³/mol. The van der Waals surface area contributed by atoms with Crippen molar-refractivity contribution in [2.75, 3.05) is 7.11 Å². The van der Waals surface area contributed by atoms with Crippen molar-refractivity contribution in [2.45, 2.75) is 0 Å². The van der Waals surface area contributed by atoms with Gasteiger partial charge in [0.1, 0.15) is 0 Å². The van der Waals surface area contributed by atoms with E-state index in [0.29, 0.717) is 6.01 Å². The second-order valence-corrected chi connectivity index (χ2v) is 2.17. The van der Waals surface area contributed by atoms with Crippen molar-refractivity contribution < 1.29 is 4.74 Å². The Morgan fingerprint density at radius 1 is 1.44 bits per heavy atom. The molecule has 0 fully saturated rings. The summed E-state index contributed by atoms with van der Waals surface area (Å²) in [6.45, 7) is 0. The zero-order valence-electron chi connectivity index (χ0n) is 5.03. The van der Waals surface area contributed by atoms with Crippen LogP contribution in [0.3, 0.4) is 0 Å². The van der Waals surface area contributed by atoms with Crippen molar-refractivity contribution >= 4 is 14.5 Å². The second kappa shape index (κ2) is 2.74. The minimum atomic E-state index is 0.404. The van der Waals surface area contributed by atoms with E-state index in [1.54, 1.807) is 12.4 Å². The van der Waals surface area contributed by atoms with Gasteiger partial charge in [-0.3, -0.25) is 0 Å². The van der Waals surface area contributed by atoms with E-state index in [-0.39, 0.29) is 0 Å². The summed E-state index contributed by atoms with van der Waals surface area (Å²) in [5.41, 5.74) is 0. The molecule has 0 saturated heterocycles. The fraction of sp³-hybridized carbons (Fsp3) is 0.200. The molecule has 0 bridgehead atoms. The summed E-state index contributed by atoms with van der Waals surface area (Å²) < 4.78 is 4.74. The van der Waals surface area contributed by atoms with Crippen molar-refractivity contribution in [2.24, 2.45) is 0 Å². The molecule has 0 aliphatic carbocycles. The molecule has 0 aromatic carbocycles. The zero-order chi connectivity index (χ0) is 6.69. The highest BCUT2D eigenvalue weighted by Gasteiger charge is 1.89. The Morgan fingerprint density at radius 3 is 2.44 bits per heavy atom. The lowest BCUT2D eigenvalue weighted by molar-refractivity contribution is 0.380. The van der Waals surface area contributed by atoms with E-state index < -0.39 is 0 Å². The Bertz CT molecular complexity index is 187. The Balaban J connectivity index is 2.88. The molecule has 1 aromatic rings. The molecule has 9 heavy (non-hydrogen) atoms. The van der Waals surface area contributed by atoms with Crippen LogP contribution in [0.1, 0.15) is 0 Å². The Hall–Kier alpha value is -0.690. The molecule has 0 amide bonds. The van der Waals surface area contributed by atoms with Gasteiger partial charge in [0.15, 0.2) is 0 Å². The molecule has 0 saturated carbocycles. The van der Waals surface area contributed by atoms with Gasteiger partial charge in [0.2, 0.25) is 0 Å². The van der Waals surface area contributed by atoms with E-state index in [9.17, 15) is 0 Å². The van der Waals surface area contributed by atoms with Crippen LogP contribution < -0.4 is 10.0 Å². The first-order chi connectivity index (χ1) is 4.33. The summed E-state index contributed by atoms with van der Waals surface area (Å²) in [5.74, 6) is 0. The molecular formula is C5H7N2OP. The molecular weight excluding hydrogens is 135 g/mol. The average Bonchev–Trinajstić information content (AvgIpc) is 1.90. The number of methoxy groups -OCH3 is 1. The van der Waals surface area contributed by atoms with Crippen molar-refractivity contribution in [3.05, 3.63) is 12.4 Å². The molecule has 48 valence electrons. The lowest BCUT2D eigenvalue weighted by Gasteiger charge is -1.94. The number of rotatable bonds is 1. The third-order valence-corrected chi connectivity index (χ3v) is 1.13. The minimum Gasteiger partial charge on any atom is -0.467 e. The highest BCUT2D eigenvalue weighted by molar-refractivity contribution is 7.27. The molecule has 4 heteroatoms. The molecule has 1 rings (SSSR count). The van der Waals surface area contributed by atoms with Crippen LogP contribution in [-0.2, 0) is 0 Å². The van der Waals surface area contributed by atoms with Gasteiger partial charge in [-0.2, -0.15) is 0 Å². The number of hydrogen-bond acceptors (Lipinski definition) is 3. The number of hydrogen-bond donors (Lipinski definition) is 0. The lowest BCUT2D eigenvalue weighted by Crippen LogP contribution is -1.97. The van der Waals surface area contributed by atoms with Gasteiger partial charge in [-0.15, -0.1) is 9.24 Å². The molecule has 1 atom stereocenters. The first-order valence-electron chi connectivity index (χ1n) is 2.44. The van der Waals surface area contributed by atoms with Crippen LogP contribution in [-0.4, -0.2) is 17.1 Å². The van der Waals surface area contributed by atoms with Crippen LogP contribution in [0.4, 0.5) is 0 Å². The van der Waals surface area contributed by atoms with Gasteiger partial charge >= 0.3 is 6.01 Å². The average molecular weight is 142 g/mol. The van der Waals surface area contributed by atoms with Gasteiger partial charge < -0.3 is 4.74 Å². The van der Waals surface area contributed by atoms with Crippen molar-refractivity contribution in [1.82, 2.24) is 9.97 Å². The SMILES string of the molecule is COc1ncc(P)cn1. The Kier molecular flexibility index (Phi) is 1.96. The molecule has 1 heterocycles. The first kappa shape index (κ1) is 6.43. The third-order valence-electron chi connectivity index (χ3n) is 0.831. The van der Waals surface area contributed by atoms with Gasteiger partial charge in [-0.25, -0.2) is 9.97 Å². The van der Waals surface area contributed by atoms with Crippen LogP contribution in [0.2, 0.25) is 0 Å². The largest absolute Gasteiger partial charge is 0.467 e. The van der Waals surface area contributed by atoms with E-state index in [4.69, 9.17) is 4.74 Å². The smallest absolute Gasteiger partial charge is 0.316 e. The van der Waals surface area contributed by atoms with E-state index in [1.165, 1.54) is 7.11 Å². The van der Waals surface area contributed by atoms with E-state index in [1.807, 2.05) is 0 Å². The summed E-state index contributed by atoms with van der Waals surface area (Å²) in [4.78, 5) is 7.69. The molecule has 1 aromatic heterocycles. The molecule has 0 N–H and O–H groups in total. The third kappa shape index (κ3) is 1.61. The van der Waals surface area contributed by atoms with Crippen LogP contribution >= 0.6 is 9.24 Å². The molecule has 3 nitrogen and oxygen atoms in total. The van der Waals surface area contributed by atoms with Crippen LogP contribution in [0.25, 0.3) is 0 Å². The minimum absolute atomic E-state index is 0.404. The molecule has 1 unspecified atom stereocenters. The predicted octanol–water partition coefficient (Wildman–Crippen LogP) is -0.0144. The maximum atomic E-state index is 4.74. The van der Waals surface area contributed by atoms with E-state index >= 15 is 0 Å².